The average Bonchev–Trinajstić information content (AvgIpc) is 2.20. The number of hydrogen-bond acceptors (Lipinski definition) is 2. The minimum Gasteiger partial charge on any atom is -0.469 e. The Hall–Kier alpha value is -1.02. The normalized spacial score (nSPS) is 9.93. The fraction of sp³-hybridized carbons (Fsp3) is 0.364. The molecule has 0 amide bonds. The Labute approximate surface area is 88.8 Å². The first kappa shape index (κ1) is 11.1. The van der Waals surface area contributed by atoms with Crippen molar-refractivity contribution in [2.45, 2.75) is 19.8 Å². The van der Waals surface area contributed by atoms with Gasteiger partial charge in [-0.25, -0.2) is 0 Å². The van der Waals surface area contributed by atoms with Gasteiger partial charge in [-0.05, 0) is 29.7 Å². The number of carbonyl (C=O) groups is 1. The van der Waals surface area contributed by atoms with Crippen LogP contribution in [-0.4, -0.2) is 13.1 Å². The van der Waals surface area contributed by atoms with Crippen molar-refractivity contribution in [3.63, 3.8) is 0 Å². The summed E-state index contributed by atoms with van der Waals surface area (Å²) in [7, 11) is 1.39. The van der Waals surface area contributed by atoms with Crippen molar-refractivity contribution < 1.29 is 9.53 Å². The minimum absolute atomic E-state index is 0.220. The van der Waals surface area contributed by atoms with Crippen LogP contribution in [0.15, 0.2) is 18.2 Å². The highest BCUT2D eigenvalue weighted by molar-refractivity contribution is 6.30. The van der Waals surface area contributed by atoms with E-state index in [-0.39, 0.29) is 5.97 Å². The third-order valence-electron chi connectivity index (χ3n) is 2.11. The Morgan fingerprint density at radius 2 is 2.14 bits per heavy atom. The van der Waals surface area contributed by atoms with Crippen molar-refractivity contribution in [3.8, 4) is 0 Å². The van der Waals surface area contributed by atoms with Crippen LogP contribution in [0.1, 0.15) is 18.1 Å². The maximum absolute atomic E-state index is 11.1. The molecule has 0 saturated heterocycles. The van der Waals surface area contributed by atoms with Gasteiger partial charge in [-0.15, -0.1) is 0 Å². The highest BCUT2D eigenvalue weighted by Gasteiger charge is 2.07. The summed E-state index contributed by atoms with van der Waals surface area (Å²) in [6, 6.07) is 5.55. The third kappa shape index (κ3) is 2.74. The van der Waals surface area contributed by atoms with Crippen molar-refractivity contribution in [3.05, 3.63) is 34.3 Å². The summed E-state index contributed by atoms with van der Waals surface area (Å²) >= 11 is 5.85. The zero-order valence-corrected chi connectivity index (χ0v) is 9.10. The lowest BCUT2D eigenvalue weighted by Gasteiger charge is -2.06. The van der Waals surface area contributed by atoms with Gasteiger partial charge >= 0.3 is 5.97 Å². The standard InChI is InChI=1S/C11H13ClO2/c1-3-8-6-10(12)5-4-9(8)7-11(13)14-2/h4-6H,3,7H2,1-2H3. The lowest BCUT2D eigenvalue weighted by molar-refractivity contribution is -0.139. The van der Waals surface area contributed by atoms with Crippen LogP contribution in [0.2, 0.25) is 5.02 Å². The fourth-order valence-electron chi connectivity index (χ4n) is 1.32. The van der Waals surface area contributed by atoms with Gasteiger partial charge in [0.2, 0.25) is 0 Å². The van der Waals surface area contributed by atoms with E-state index < -0.39 is 0 Å². The van der Waals surface area contributed by atoms with Gasteiger partial charge in [0.05, 0.1) is 13.5 Å². The van der Waals surface area contributed by atoms with Gasteiger partial charge in [0, 0.05) is 5.02 Å². The second-order valence-corrected chi connectivity index (χ2v) is 3.46. The van der Waals surface area contributed by atoms with Crippen LogP contribution >= 0.6 is 11.6 Å². The van der Waals surface area contributed by atoms with E-state index >= 15 is 0 Å². The summed E-state index contributed by atoms with van der Waals surface area (Å²) < 4.78 is 4.61. The molecule has 0 fully saturated rings. The number of rotatable bonds is 3. The van der Waals surface area contributed by atoms with E-state index in [1.54, 1.807) is 6.07 Å². The van der Waals surface area contributed by atoms with Crippen molar-refractivity contribution >= 4 is 17.6 Å². The van der Waals surface area contributed by atoms with Crippen LogP contribution < -0.4 is 0 Å². The average molecular weight is 213 g/mol. The quantitative estimate of drug-likeness (QED) is 0.720. The van der Waals surface area contributed by atoms with Gasteiger partial charge in [-0.1, -0.05) is 24.6 Å². The summed E-state index contributed by atoms with van der Waals surface area (Å²) in [6.45, 7) is 2.03. The van der Waals surface area contributed by atoms with Gasteiger partial charge in [0.1, 0.15) is 0 Å². The summed E-state index contributed by atoms with van der Waals surface area (Å²) in [6.07, 6.45) is 1.18. The number of ether oxygens (including phenoxy) is 1. The molecule has 1 aromatic carbocycles. The lowest BCUT2D eigenvalue weighted by Crippen LogP contribution is -2.06. The molecule has 0 saturated carbocycles. The fourth-order valence-corrected chi connectivity index (χ4v) is 1.52. The minimum atomic E-state index is -0.220. The predicted octanol–water partition coefficient (Wildman–Crippen LogP) is 2.62. The number of methoxy groups -OCH3 is 1. The van der Waals surface area contributed by atoms with E-state index in [4.69, 9.17) is 11.6 Å². The highest BCUT2D eigenvalue weighted by atomic mass is 35.5. The molecule has 1 rings (SSSR count). The van der Waals surface area contributed by atoms with E-state index in [2.05, 4.69) is 4.74 Å². The number of esters is 1. The SMILES string of the molecule is CCc1cc(Cl)ccc1CC(=O)OC. The molecule has 0 radical (unpaired) electrons. The van der Waals surface area contributed by atoms with E-state index in [0.29, 0.717) is 11.4 Å². The molecule has 2 nitrogen and oxygen atoms in total. The van der Waals surface area contributed by atoms with Gasteiger partial charge in [0.15, 0.2) is 0 Å². The highest BCUT2D eigenvalue weighted by Crippen LogP contribution is 2.17. The zero-order valence-electron chi connectivity index (χ0n) is 8.34. The summed E-state index contributed by atoms with van der Waals surface area (Å²) in [5.41, 5.74) is 2.09. The molecular weight excluding hydrogens is 200 g/mol. The maximum atomic E-state index is 11.1. The first-order chi connectivity index (χ1) is 6.67. The number of hydrogen-bond donors (Lipinski definition) is 0. The van der Waals surface area contributed by atoms with Gasteiger partial charge in [-0.3, -0.25) is 4.79 Å². The van der Waals surface area contributed by atoms with Crippen molar-refractivity contribution in [2.24, 2.45) is 0 Å². The van der Waals surface area contributed by atoms with E-state index in [9.17, 15) is 4.79 Å². The molecule has 0 N–H and O–H groups in total. The molecule has 0 aromatic heterocycles. The molecule has 0 aliphatic heterocycles. The molecule has 0 unspecified atom stereocenters. The molecule has 0 aliphatic rings. The topological polar surface area (TPSA) is 26.3 Å². The Balaban J connectivity index is 2.90. The maximum Gasteiger partial charge on any atom is 0.309 e. The first-order valence-electron chi connectivity index (χ1n) is 4.51. The number of halogens is 1. The third-order valence-corrected chi connectivity index (χ3v) is 2.35. The first-order valence-corrected chi connectivity index (χ1v) is 4.89. The Morgan fingerprint density at radius 1 is 1.43 bits per heavy atom. The number of benzene rings is 1. The van der Waals surface area contributed by atoms with Crippen LogP contribution in [0.25, 0.3) is 0 Å². The molecule has 76 valence electrons. The van der Waals surface area contributed by atoms with Crippen LogP contribution in [0, 0.1) is 0 Å². The lowest BCUT2D eigenvalue weighted by atomic mass is 10.0. The van der Waals surface area contributed by atoms with Crippen molar-refractivity contribution in [1.29, 1.82) is 0 Å². The second-order valence-electron chi connectivity index (χ2n) is 3.02. The Kier molecular flexibility index (Phi) is 3.96. The molecule has 0 spiro atoms. The summed E-state index contributed by atoms with van der Waals surface area (Å²) in [4.78, 5) is 11.1. The molecular formula is C11H13ClO2. The summed E-state index contributed by atoms with van der Waals surface area (Å²) in [5, 5.41) is 0.704. The molecule has 1 aromatic rings. The smallest absolute Gasteiger partial charge is 0.309 e. The van der Waals surface area contributed by atoms with Crippen LogP contribution in [0.3, 0.4) is 0 Å². The molecule has 14 heavy (non-hydrogen) atoms. The number of carbonyl (C=O) groups excluding carboxylic acids is 1. The van der Waals surface area contributed by atoms with Gasteiger partial charge < -0.3 is 4.74 Å². The van der Waals surface area contributed by atoms with E-state index in [1.807, 2.05) is 19.1 Å². The number of aryl methyl sites for hydroxylation is 1. The molecule has 3 heteroatoms. The molecule has 0 bridgehead atoms. The Bertz CT molecular complexity index is 334. The largest absolute Gasteiger partial charge is 0.469 e. The van der Waals surface area contributed by atoms with Crippen molar-refractivity contribution in [1.82, 2.24) is 0 Å². The van der Waals surface area contributed by atoms with Crippen LogP contribution in [0.4, 0.5) is 0 Å². The summed E-state index contributed by atoms with van der Waals surface area (Å²) in [5.74, 6) is -0.220. The monoisotopic (exact) mass is 212 g/mol. The second kappa shape index (κ2) is 5.01. The Morgan fingerprint density at radius 3 is 2.71 bits per heavy atom. The van der Waals surface area contributed by atoms with Gasteiger partial charge in [0.25, 0.3) is 0 Å². The van der Waals surface area contributed by atoms with Gasteiger partial charge in [-0.2, -0.15) is 0 Å². The molecule has 0 atom stereocenters. The zero-order chi connectivity index (χ0) is 10.6. The van der Waals surface area contributed by atoms with E-state index in [1.165, 1.54) is 7.11 Å². The predicted molar refractivity (Wildman–Crippen MR) is 56.6 cm³/mol. The van der Waals surface area contributed by atoms with Crippen molar-refractivity contribution in [2.75, 3.05) is 7.11 Å². The van der Waals surface area contributed by atoms with E-state index in [0.717, 1.165) is 17.5 Å². The molecule has 0 aliphatic carbocycles. The van der Waals surface area contributed by atoms with Crippen LogP contribution in [-0.2, 0) is 22.4 Å². The molecule has 0 heterocycles. The van der Waals surface area contributed by atoms with Crippen LogP contribution in [0.5, 0.6) is 0 Å².